The van der Waals surface area contributed by atoms with Crippen molar-refractivity contribution in [1.82, 2.24) is 9.88 Å². The van der Waals surface area contributed by atoms with Crippen molar-refractivity contribution in [3.05, 3.63) is 22.4 Å². The highest BCUT2D eigenvalue weighted by atomic mass is 79.9. The molecule has 1 heterocycles. The molecule has 0 aliphatic rings. The Morgan fingerprint density at radius 1 is 1.59 bits per heavy atom. The van der Waals surface area contributed by atoms with Crippen LogP contribution >= 0.6 is 15.9 Å². The molecule has 0 bridgehead atoms. The maximum atomic E-state index is 11.8. The summed E-state index contributed by atoms with van der Waals surface area (Å²) in [6.07, 6.45) is 0.980. The minimum absolute atomic E-state index is 0.0646. The van der Waals surface area contributed by atoms with Gasteiger partial charge in [0.05, 0.1) is 6.54 Å². The molecule has 0 atom stereocenters. The number of aromatic nitrogens is 1. The molecule has 17 heavy (non-hydrogen) atoms. The number of rotatable bonds is 5. The monoisotopic (exact) mass is 303 g/mol. The van der Waals surface area contributed by atoms with Gasteiger partial charge >= 0.3 is 6.09 Å². The van der Waals surface area contributed by atoms with E-state index in [1.165, 1.54) is 0 Å². The number of primary amides is 1. The number of amides is 2. The van der Waals surface area contributed by atoms with Crippen LogP contribution in [0.3, 0.4) is 0 Å². The summed E-state index contributed by atoms with van der Waals surface area (Å²) in [5, 5.41) is 2.63. The van der Waals surface area contributed by atoms with Crippen LogP contribution in [-0.2, 0) is 11.3 Å². The molecule has 0 saturated carbocycles. The molecule has 0 aromatic carbocycles. The Morgan fingerprint density at radius 2 is 2.29 bits per heavy atom. The molecule has 0 radical (unpaired) electrons. The minimum Gasteiger partial charge on any atom is -0.448 e. The molecule has 0 spiro atoms. The predicted molar refractivity (Wildman–Crippen MR) is 65.7 cm³/mol. The fourth-order valence-corrected chi connectivity index (χ4v) is 1.80. The summed E-state index contributed by atoms with van der Waals surface area (Å²) in [5.41, 5.74) is 5.34. The van der Waals surface area contributed by atoms with Crippen LogP contribution in [0.15, 0.2) is 16.7 Å². The lowest BCUT2D eigenvalue weighted by atomic mass is 10.4. The zero-order valence-electron chi connectivity index (χ0n) is 9.40. The van der Waals surface area contributed by atoms with Crippen molar-refractivity contribution in [2.75, 3.05) is 13.2 Å². The van der Waals surface area contributed by atoms with Crippen LogP contribution in [0, 0.1) is 0 Å². The molecule has 94 valence electrons. The number of nitrogens with two attached hydrogens (primary N) is 1. The molecule has 6 nitrogen and oxygen atoms in total. The first-order chi connectivity index (χ1) is 8.04. The van der Waals surface area contributed by atoms with Gasteiger partial charge in [0.2, 0.25) is 0 Å². The van der Waals surface area contributed by atoms with E-state index in [2.05, 4.69) is 26.0 Å². The number of carbonyl (C=O) groups is 2. The molecule has 0 fully saturated rings. The second-order valence-corrected chi connectivity index (χ2v) is 4.17. The minimum atomic E-state index is -0.848. The molecule has 0 aliphatic heterocycles. The van der Waals surface area contributed by atoms with E-state index in [1.54, 1.807) is 6.07 Å². The van der Waals surface area contributed by atoms with E-state index in [4.69, 9.17) is 5.73 Å². The fourth-order valence-electron chi connectivity index (χ4n) is 1.33. The van der Waals surface area contributed by atoms with Crippen LogP contribution in [0.25, 0.3) is 0 Å². The average molecular weight is 304 g/mol. The van der Waals surface area contributed by atoms with Crippen LogP contribution in [0.2, 0.25) is 0 Å². The first-order valence-corrected chi connectivity index (χ1v) is 5.90. The van der Waals surface area contributed by atoms with Gasteiger partial charge in [-0.05, 0) is 28.9 Å². The quantitative estimate of drug-likeness (QED) is 0.799. The molecule has 0 unspecified atom stereocenters. The van der Waals surface area contributed by atoms with E-state index >= 15 is 0 Å². The van der Waals surface area contributed by atoms with E-state index in [9.17, 15) is 9.59 Å². The van der Waals surface area contributed by atoms with Gasteiger partial charge < -0.3 is 20.4 Å². The summed E-state index contributed by atoms with van der Waals surface area (Å²) in [6, 6.07) is 1.73. The van der Waals surface area contributed by atoms with Crippen LogP contribution in [0.4, 0.5) is 4.79 Å². The Kier molecular flexibility index (Phi) is 5.02. The van der Waals surface area contributed by atoms with Crippen molar-refractivity contribution in [3.8, 4) is 0 Å². The van der Waals surface area contributed by atoms with Crippen molar-refractivity contribution >= 4 is 27.9 Å². The van der Waals surface area contributed by atoms with Gasteiger partial charge in [-0.3, -0.25) is 4.79 Å². The van der Waals surface area contributed by atoms with Gasteiger partial charge in [0.25, 0.3) is 5.91 Å². The van der Waals surface area contributed by atoms with E-state index < -0.39 is 6.09 Å². The van der Waals surface area contributed by atoms with Crippen molar-refractivity contribution in [1.29, 1.82) is 0 Å². The SMILES string of the molecule is CCn1cc(Br)cc1C(=O)NCCOC(N)=O. The van der Waals surface area contributed by atoms with E-state index in [-0.39, 0.29) is 19.1 Å². The lowest BCUT2D eigenvalue weighted by Gasteiger charge is -2.07. The van der Waals surface area contributed by atoms with Gasteiger partial charge in [-0.2, -0.15) is 0 Å². The number of halogens is 1. The summed E-state index contributed by atoms with van der Waals surface area (Å²) in [6.45, 7) is 2.94. The fraction of sp³-hybridized carbons (Fsp3) is 0.400. The highest BCUT2D eigenvalue weighted by Crippen LogP contribution is 2.14. The summed E-state index contributed by atoms with van der Waals surface area (Å²) in [4.78, 5) is 22.1. The first kappa shape index (κ1) is 13.6. The maximum Gasteiger partial charge on any atom is 0.404 e. The van der Waals surface area contributed by atoms with Crippen molar-refractivity contribution in [2.45, 2.75) is 13.5 Å². The number of hydrogen-bond acceptors (Lipinski definition) is 3. The first-order valence-electron chi connectivity index (χ1n) is 5.10. The van der Waals surface area contributed by atoms with Gasteiger partial charge in [-0.15, -0.1) is 0 Å². The van der Waals surface area contributed by atoms with Gasteiger partial charge in [0.1, 0.15) is 12.3 Å². The van der Waals surface area contributed by atoms with Crippen molar-refractivity contribution in [2.24, 2.45) is 5.73 Å². The smallest absolute Gasteiger partial charge is 0.404 e. The zero-order valence-corrected chi connectivity index (χ0v) is 11.0. The largest absolute Gasteiger partial charge is 0.448 e. The predicted octanol–water partition coefficient (Wildman–Crippen LogP) is 1.10. The summed E-state index contributed by atoms with van der Waals surface area (Å²) >= 11 is 3.31. The Labute approximate surface area is 107 Å². The topological polar surface area (TPSA) is 86.3 Å². The summed E-state index contributed by atoms with van der Waals surface area (Å²) in [5.74, 6) is -0.217. The molecule has 1 rings (SSSR count). The molecule has 1 aromatic heterocycles. The third-order valence-corrected chi connectivity index (χ3v) is 2.50. The normalized spacial score (nSPS) is 10.0. The average Bonchev–Trinajstić information content (AvgIpc) is 2.65. The van der Waals surface area contributed by atoms with Crippen LogP contribution in [0.1, 0.15) is 17.4 Å². The summed E-state index contributed by atoms with van der Waals surface area (Å²) in [7, 11) is 0. The number of hydrogen-bond donors (Lipinski definition) is 2. The van der Waals surface area contributed by atoms with Crippen LogP contribution in [0.5, 0.6) is 0 Å². The standard InChI is InChI=1S/C10H14BrN3O3/c1-2-14-6-7(11)5-8(14)9(15)13-3-4-17-10(12)16/h5-6H,2-4H2,1H3,(H2,12,16)(H,13,15). The Bertz CT molecular complexity index is 417. The molecular weight excluding hydrogens is 290 g/mol. The van der Waals surface area contributed by atoms with Gasteiger partial charge in [-0.25, -0.2) is 4.79 Å². The van der Waals surface area contributed by atoms with E-state index in [1.807, 2.05) is 17.7 Å². The molecule has 3 N–H and O–H groups in total. The second-order valence-electron chi connectivity index (χ2n) is 3.25. The van der Waals surface area contributed by atoms with Gasteiger partial charge in [0.15, 0.2) is 0 Å². The Morgan fingerprint density at radius 3 is 2.88 bits per heavy atom. The van der Waals surface area contributed by atoms with Crippen LogP contribution < -0.4 is 11.1 Å². The van der Waals surface area contributed by atoms with E-state index in [0.29, 0.717) is 12.2 Å². The number of carbonyl (C=O) groups excluding carboxylic acids is 2. The van der Waals surface area contributed by atoms with Crippen LogP contribution in [-0.4, -0.2) is 29.7 Å². The molecule has 2 amide bonds. The summed E-state index contributed by atoms with van der Waals surface area (Å²) < 4.78 is 7.16. The lowest BCUT2D eigenvalue weighted by Crippen LogP contribution is -2.30. The second kappa shape index (κ2) is 6.29. The highest BCUT2D eigenvalue weighted by molar-refractivity contribution is 9.10. The molecule has 1 aromatic rings. The maximum absolute atomic E-state index is 11.8. The van der Waals surface area contributed by atoms with Crippen molar-refractivity contribution < 1.29 is 14.3 Å². The zero-order chi connectivity index (χ0) is 12.8. The number of nitrogens with zero attached hydrogens (tertiary/aromatic N) is 1. The van der Waals surface area contributed by atoms with Gasteiger partial charge in [0, 0.05) is 17.2 Å². The van der Waals surface area contributed by atoms with E-state index in [0.717, 1.165) is 4.47 Å². The lowest BCUT2D eigenvalue weighted by molar-refractivity contribution is 0.0928. The molecule has 0 saturated heterocycles. The number of nitrogens with one attached hydrogen (secondary N) is 1. The third-order valence-electron chi connectivity index (χ3n) is 2.07. The molecular formula is C10H14BrN3O3. The van der Waals surface area contributed by atoms with Crippen molar-refractivity contribution in [3.63, 3.8) is 0 Å². The Hall–Kier alpha value is -1.50. The third kappa shape index (κ3) is 4.10. The number of aryl methyl sites for hydroxylation is 1. The van der Waals surface area contributed by atoms with Gasteiger partial charge in [-0.1, -0.05) is 0 Å². The molecule has 0 aliphatic carbocycles. The number of ether oxygens (including phenoxy) is 1. The Balaban J connectivity index is 2.49. The molecule has 7 heteroatoms. The highest BCUT2D eigenvalue weighted by Gasteiger charge is 2.11.